The Hall–Kier alpha value is -1.76. The van der Waals surface area contributed by atoms with Crippen molar-refractivity contribution in [1.29, 1.82) is 0 Å². The Balaban J connectivity index is 2.00. The summed E-state index contributed by atoms with van der Waals surface area (Å²) in [5.41, 5.74) is 2.43. The average Bonchev–Trinajstić information content (AvgIpc) is 2.29. The number of para-hydroxylation sites is 1. The van der Waals surface area contributed by atoms with Crippen molar-refractivity contribution >= 4 is 5.69 Å². The molecule has 1 N–H and O–H groups in total. The Morgan fingerprint density at radius 2 is 1.93 bits per heavy atom. The van der Waals surface area contributed by atoms with E-state index in [2.05, 4.69) is 48.0 Å². The standard InChI is InChI=1S/C13H13N/c1-3-7-12(8-4-1)11-14-13-9-5-2-6-10-13/h1-7,9-11,14H,8H2/b12-11-. The molecule has 1 aromatic carbocycles. The summed E-state index contributed by atoms with van der Waals surface area (Å²) in [7, 11) is 0. The molecule has 1 aliphatic rings. The largest absolute Gasteiger partial charge is 0.361 e. The summed E-state index contributed by atoms with van der Waals surface area (Å²) < 4.78 is 0. The SMILES string of the molecule is C1=CC/C(=C\Nc2ccccc2)C=C1. The van der Waals surface area contributed by atoms with Crippen LogP contribution in [0.5, 0.6) is 0 Å². The van der Waals surface area contributed by atoms with Gasteiger partial charge in [-0.2, -0.15) is 0 Å². The third kappa shape index (κ3) is 2.36. The van der Waals surface area contributed by atoms with Gasteiger partial charge in [0.25, 0.3) is 0 Å². The van der Waals surface area contributed by atoms with Crippen molar-refractivity contribution in [2.45, 2.75) is 6.42 Å². The number of hydrogen-bond acceptors (Lipinski definition) is 1. The summed E-state index contributed by atoms with van der Waals surface area (Å²) in [6.07, 6.45) is 11.5. The van der Waals surface area contributed by atoms with Crippen LogP contribution in [0.25, 0.3) is 0 Å². The first kappa shape index (κ1) is 8.82. The van der Waals surface area contributed by atoms with Gasteiger partial charge in [0.1, 0.15) is 0 Å². The van der Waals surface area contributed by atoms with Crippen molar-refractivity contribution < 1.29 is 0 Å². The number of nitrogens with one attached hydrogen (secondary N) is 1. The lowest BCUT2D eigenvalue weighted by atomic mass is 10.1. The second-order valence-electron chi connectivity index (χ2n) is 3.22. The summed E-state index contributed by atoms with van der Waals surface area (Å²) >= 11 is 0. The van der Waals surface area contributed by atoms with Crippen LogP contribution >= 0.6 is 0 Å². The zero-order chi connectivity index (χ0) is 9.64. The molecular formula is C13H13N. The minimum absolute atomic E-state index is 1.01. The molecule has 70 valence electrons. The van der Waals surface area contributed by atoms with Crippen molar-refractivity contribution in [3.05, 3.63) is 66.4 Å². The first-order valence-corrected chi connectivity index (χ1v) is 4.79. The van der Waals surface area contributed by atoms with Crippen LogP contribution in [-0.4, -0.2) is 0 Å². The molecule has 0 aliphatic heterocycles. The van der Waals surface area contributed by atoms with Gasteiger partial charge in [-0.05, 0) is 24.1 Å². The topological polar surface area (TPSA) is 12.0 Å². The Morgan fingerprint density at radius 3 is 2.64 bits per heavy atom. The van der Waals surface area contributed by atoms with Crippen molar-refractivity contribution in [1.82, 2.24) is 0 Å². The average molecular weight is 183 g/mol. The molecule has 0 saturated heterocycles. The van der Waals surface area contributed by atoms with Gasteiger partial charge in [-0.25, -0.2) is 0 Å². The lowest BCUT2D eigenvalue weighted by Crippen LogP contribution is -1.90. The first-order valence-electron chi connectivity index (χ1n) is 4.79. The van der Waals surface area contributed by atoms with Gasteiger partial charge in [0.05, 0.1) is 0 Å². The zero-order valence-electron chi connectivity index (χ0n) is 7.98. The molecule has 0 spiro atoms. The van der Waals surface area contributed by atoms with Gasteiger partial charge in [0, 0.05) is 11.9 Å². The molecule has 0 heterocycles. The Kier molecular flexibility index (Phi) is 2.82. The van der Waals surface area contributed by atoms with Crippen LogP contribution < -0.4 is 5.32 Å². The fourth-order valence-corrected chi connectivity index (χ4v) is 1.35. The Bertz CT molecular complexity index is 371. The smallest absolute Gasteiger partial charge is 0.0379 e. The van der Waals surface area contributed by atoms with Crippen molar-refractivity contribution in [2.75, 3.05) is 5.32 Å². The van der Waals surface area contributed by atoms with E-state index in [0.717, 1.165) is 12.1 Å². The summed E-state index contributed by atoms with van der Waals surface area (Å²) in [6, 6.07) is 10.2. The molecule has 2 rings (SSSR count). The van der Waals surface area contributed by atoms with Gasteiger partial charge < -0.3 is 5.32 Å². The van der Waals surface area contributed by atoms with Gasteiger partial charge in [0.15, 0.2) is 0 Å². The number of benzene rings is 1. The fourth-order valence-electron chi connectivity index (χ4n) is 1.35. The lowest BCUT2D eigenvalue weighted by Gasteiger charge is -2.04. The number of hydrogen-bond donors (Lipinski definition) is 1. The van der Waals surface area contributed by atoms with Crippen LogP contribution in [0.2, 0.25) is 0 Å². The molecule has 1 aromatic rings. The molecule has 14 heavy (non-hydrogen) atoms. The highest BCUT2D eigenvalue weighted by atomic mass is 14.8. The van der Waals surface area contributed by atoms with Gasteiger partial charge in [-0.3, -0.25) is 0 Å². The summed E-state index contributed by atoms with van der Waals surface area (Å²) in [6.45, 7) is 0. The fraction of sp³-hybridized carbons (Fsp3) is 0.0769. The maximum atomic E-state index is 3.27. The predicted octanol–water partition coefficient (Wildman–Crippen LogP) is 3.50. The lowest BCUT2D eigenvalue weighted by molar-refractivity contribution is 1.25. The summed E-state index contributed by atoms with van der Waals surface area (Å²) in [5.74, 6) is 0. The quantitative estimate of drug-likeness (QED) is 0.740. The molecule has 0 atom stereocenters. The van der Waals surface area contributed by atoms with Gasteiger partial charge in [-0.15, -0.1) is 0 Å². The van der Waals surface area contributed by atoms with Crippen molar-refractivity contribution in [3.63, 3.8) is 0 Å². The molecular weight excluding hydrogens is 170 g/mol. The minimum Gasteiger partial charge on any atom is -0.361 e. The molecule has 0 saturated carbocycles. The predicted molar refractivity (Wildman–Crippen MR) is 61.0 cm³/mol. The highest BCUT2D eigenvalue weighted by Gasteiger charge is 1.92. The van der Waals surface area contributed by atoms with Crippen LogP contribution in [0.15, 0.2) is 66.4 Å². The molecule has 0 amide bonds. The molecule has 1 aliphatic carbocycles. The van der Waals surface area contributed by atoms with Crippen LogP contribution in [0.1, 0.15) is 6.42 Å². The first-order chi connectivity index (χ1) is 6.95. The number of rotatable bonds is 2. The van der Waals surface area contributed by atoms with E-state index in [0.29, 0.717) is 0 Å². The van der Waals surface area contributed by atoms with E-state index < -0.39 is 0 Å². The van der Waals surface area contributed by atoms with E-state index in [1.165, 1.54) is 5.57 Å². The highest BCUT2D eigenvalue weighted by molar-refractivity contribution is 5.46. The van der Waals surface area contributed by atoms with Crippen LogP contribution in [-0.2, 0) is 0 Å². The Labute approximate surface area is 84.5 Å². The minimum atomic E-state index is 1.01. The van der Waals surface area contributed by atoms with E-state index in [1.54, 1.807) is 0 Å². The maximum Gasteiger partial charge on any atom is 0.0379 e. The summed E-state index contributed by atoms with van der Waals surface area (Å²) in [5, 5.41) is 3.27. The number of anilines is 1. The third-order valence-corrected chi connectivity index (χ3v) is 2.11. The van der Waals surface area contributed by atoms with E-state index in [9.17, 15) is 0 Å². The second-order valence-corrected chi connectivity index (χ2v) is 3.22. The number of allylic oxidation sites excluding steroid dienone is 5. The van der Waals surface area contributed by atoms with Crippen molar-refractivity contribution in [2.24, 2.45) is 0 Å². The molecule has 0 radical (unpaired) electrons. The van der Waals surface area contributed by atoms with Crippen LogP contribution in [0, 0.1) is 0 Å². The molecule has 1 heteroatoms. The van der Waals surface area contributed by atoms with E-state index >= 15 is 0 Å². The van der Waals surface area contributed by atoms with Crippen molar-refractivity contribution in [3.8, 4) is 0 Å². The van der Waals surface area contributed by atoms with Gasteiger partial charge in [-0.1, -0.05) is 42.5 Å². The van der Waals surface area contributed by atoms with Crippen LogP contribution in [0.3, 0.4) is 0 Å². The molecule has 1 nitrogen and oxygen atoms in total. The second kappa shape index (κ2) is 4.47. The van der Waals surface area contributed by atoms with E-state index in [-0.39, 0.29) is 0 Å². The molecule has 0 bridgehead atoms. The monoisotopic (exact) mass is 183 g/mol. The van der Waals surface area contributed by atoms with Gasteiger partial charge in [0.2, 0.25) is 0 Å². The summed E-state index contributed by atoms with van der Waals surface area (Å²) in [4.78, 5) is 0. The zero-order valence-corrected chi connectivity index (χ0v) is 7.98. The molecule has 0 aromatic heterocycles. The van der Waals surface area contributed by atoms with E-state index in [4.69, 9.17) is 0 Å². The van der Waals surface area contributed by atoms with Gasteiger partial charge >= 0.3 is 0 Å². The third-order valence-electron chi connectivity index (χ3n) is 2.11. The van der Waals surface area contributed by atoms with E-state index in [1.807, 2.05) is 18.2 Å². The highest BCUT2D eigenvalue weighted by Crippen LogP contribution is 2.11. The maximum absolute atomic E-state index is 3.27. The Morgan fingerprint density at radius 1 is 1.07 bits per heavy atom. The molecule has 0 unspecified atom stereocenters. The van der Waals surface area contributed by atoms with Crippen LogP contribution in [0.4, 0.5) is 5.69 Å². The molecule has 0 fully saturated rings. The normalized spacial score (nSPS) is 17.3.